The van der Waals surface area contributed by atoms with Crippen LogP contribution in [0.25, 0.3) is 0 Å². The molecular formula is C10H16N4. The Morgan fingerprint density at radius 1 is 1.43 bits per heavy atom. The third-order valence-electron chi connectivity index (χ3n) is 2.89. The summed E-state index contributed by atoms with van der Waals surface area (Å²) in [6, 6.07) is 0. The average Bonchev–Trinajstić information content (AvgIpc) is 2.16. The van der Waals surface area contributed by atoms with E-state index in [9.17, 15) is 0 Å². The monoisotopic (exact) mass is 192 g/mol. The predicted molar refractivity (Wildman–Crippen MR) is 55.9 cm³/mol. The van der Waals surface area contributed by atoms with E-state index >= 15 is 0 Å². The van der Waals surface area contributed by atoms with Gasteiger partial charge in [0.05, 0.1) is 0 Å². The summed E-state index contributed by atoms with van der Waals surface area (Å²) in [6.07, 6.45) is 3.32. The maximum atomic E-state index is 5.74. The maximum Gasteiger partial charge on any atom is 0.220 e. The molecule has 0 fully saturated rings. The van der Waals surface area contributed by atoms with Crippen LogP contribution in [0.5, 0.6) is 0 Å². The van der Waals surface area contributed by atoms with Crippen LogP contribution in [0.4, 0.5) is 5.95 Å². The van der Waals surface area contributed by atoms with Crippen molar-refractivity contribution >= 4 is 5.95 Å². The van der Waals surface area contributed by atoms with E-state index in [2.05, 4.69) is 9.97 Å². The number of hydrogen-bond acceptors (Lipinski definition) is 4. The Labute approximate surface area is 83.7 Å². The van der Waals surface area contributed by atoms with Gasteiger partial charge in [-0.1, -0.05) is 0 Å². The van der Waals surface area contributed by atoms with Crippen LogP contribution in [-0.4, -0.2) is 16.5 Å². The van der Waals surface area contributed by atoms with Crippen molar-refractivity contribution in [1.29, 1.82) is 0 Å². The molecule has 4 N–H and O–H groups in total. The van der Waals surface area contributed by atoms with Crippen LogP contribution in [0.1, 0.15) is 35.7 Å². The van der Waals surface area contributed by atoms with Gasteiger partial charge < -0.3 is 11.5 Å². The molecule has 14 heavy (non-hydrogen) atoms. The van der Waals surface area contributed by atoms with Crippen molar-refractivity contribution in [3.8, 4) is 0 Å². The predicted octanol–water partition coefficient (Wildman–Crippen LogP) is 0.746. The first-order chi connectivity index (χ1) is 6.72. The third-order valence-corrected chi connectivity index (χ3v) is 2.89. The second-order valence-electron chi connectivity index (χ2n) is 3.85. The minimum Gasteiger partial charge on any atom is -0.368 e. The zero-order valence-corrected chi connectivity index (χ0v) is 8.45. The van der Waals surface area contributed by atoms with Gasteiger partial charge in [-0.25, -0.2) is 9.97 Å². The zero-order chi connectivity index (χ0) is 10.1. The molecule has 1 aromatic heterocycles. The molecule has 1 aliphatic rings. The molecule has 4 heteroatoms. The van der Waals surface area contributed by atoms with Crippen LogP contribution >= 0.6 is 0 Å². The molecule has 0 radical (unpaired) electrons. The zero-order valence-electron chi connectivity index (χ0n) is 8.45. The van der Waals surface area contributed by atoms with Crippen LogP contribution in [0.2, 0.25) is 0 Å². The van der Waals surface area contributed by atoms with E-state index in [0.29, 0.717) is 18.4 Å². The summed E-state index contributed by atoms with van der Waals surface area (Å²) < 4.78 is 0. The first-order valence-electron chi connectivity index (χ1n) is 5.05. The molecule has 4 nitrogen and oxygen atoms in total. The first-order valence-corrected chi connectivity index (χ1v) is 5.05. The van der Waals surface area contributed by atoms with Crippen molar-refractivity contribution in [2.45, 2.75) is 32.1 Å². The van der Waals surface area contributed by atoms with Crippen LogP contribution in [0.15, 0.2) is 0 Å². The number of fused-ring (bicyclic) bond motifs is 1. The molecule has 1 aliphatic carbocycles. The minimum atomic E-state index is 0.388. The van der Waals surface area contributed by atoms with Crippen LogP contribution in [0, 0.1) is 6.92 Å². The summed E-state index contributed by atoms with van der Waals surface area (Å²) in [5.41, 5.74) is 14.7. The molecule has 0 aromatic carbocycles. The fraction of sp³-hybridized carbons (Fsp3) is 0.600. The maximum absolute atomic E-state index is 5.74. The van der Waals surface area contributed by atoms with E-state index in [4.69, 9.17) is 11.5 Å². The number of aromatic nitrogens is 2. The summed E-state index contributed by atoms with van der Waals surface area (Å²) in [5, 5.41) is 0. The standard InChI is InChI=1S/C10H16N4/c1-6-9-7(5-11)3-2-4-8(9)14-10(12)13-6/h7H,2-5,11H2,1H3,(H2,12,13,14). The Hall–Kier alpha value is -1.16. The first kappa shape index (κ1) is 9.40. The van der Waals surface area contributed by atoms with Gasteiger partial charge in [-0.15, -0.1) is 0 Å². The number of hydrogen-bond donors (Lipinski definition) is 2. The van der Waals surface area contributed by atoms with Gasteiger partial charge in [-0.3, -0.25) is 0 Å². The number of rotatable bonds is 1. The highest BCUT2D eigenvalue weighted by Crippen LogP contribution is 2.31. The molecule has 0 bridgehead atoms. The fourth-order valence-corrected chi connectivity index (χ4v) is 2.28. The Morgan fingerprint density at radius 2 is 2.21 bits per heavy atom. The summed E-state index contributed by atoms with van der Waals surface area (Å²) in [7, 11) is 0. The Bertz CT molecular complexity index is 348. The van der Waals surface area contributed by atoms with E-state index in [1.54, 1.807) is 0 Å². The van der Waals surface area contributed by atoms with E-state index in [1.807, 2.05) is 6.92 Å². The van der Waals surface area contributed by atoms with Gasteiger partial charge in [0.1, 0.15) is 0 Å². The van der Waals surface area contributed by atoms with Gasteiger partial charge in [0, 0.05) is 11.4 Å². The van der Waals surface area contributed by atoms with Crippen molar-refractivity contribution in [2.75, 3.05) is 12.3 Å². The quantitative estimate of drug-likeness (QED) is 0.688. The molecule has 1 unspecified atom stereocenters. The molecule has 1 heterocycles. The van der Waals surface area contributed by atoms with E-state index in [1.165, 1.54) is 5.56 Å². The molecule has 0 saturated carbocycles. The summed E-state index contributed by atoms with van der Waals surface area (Å²) in [4.78, 5) is 8.48. The number of anilines is 1. The Morgan fingerprint density at radius 3 is 2.93 bits per heavy atom. The topological polar surface area (TPSA) is 77.8 Å². The number of nitrogens with zero attached hydrogens (tertiary/aromatic N) is 2. The third kappa shape index (κ3) is 1.46. The highest BCUT2D eigenvalue weighted by atomic mass is 15.0. The van der Waals surface area contributed by atoms with Crippen LogP contribution < -0.4 is 11.5 Å². The van der Waals surface area contributed by atoms with Crippen LogP contribution in [-0.2, 0) is 6.42 Å². The minimum absolute atomic E-state index is 0.388. The van der Waals surface area contributed by atoms with E-state index < -0.39 is 0 Å². The van der Waals surface area contributed by atoms with Crippen molar-refractivity contribution in [3.05, 3.63) is 17.0 Å². The highest BCUT2D eigenvalue weighted by molar-refractivity contribution is 5.35. The molecule has 2 rings (SSSR count). The lowest BCUT2D eigenvalue weighted by Crippen LogP contribution is -2.21. The normalized spacial score (nSPS) is 20.6. The summed E-state index contributed by atoms with van der Waals surface area (Å²) in [6.45, 7) is 2.67. The van der Waals surface area contributed by atoms with Gasteiger partial charge in [-0.2, -0.15) is 0 Å². The second kappa shape index (κ2) is 3.53. The summed E-state index contributed by atoms with van der Waals surface area (Å²) in [5.74, 6) is 0.818. The van der Waals surface area contributed by atoms with Gasteiger partial charge >= 0.3 is 0 Å². The smallest absolute Gasteiger partial charge is 0.220 e. The van der Waals surface area contributed by atoms with Gasteiger partial charge in [0.2, 0.25) is 5.95 Å². The number of nitrogens with two attached hydrogens (primary N) is 2. The number of aryl methyl sites for hydroxylation is 2. The SMILES string of the molecule is Cc1nc(N)nc2c1C(CN)CCC2. The number of nitrogen functional groups attached to an aromatic ring is 1. The molecule has 0 spiro atoms. The highest BCUT2D eigenvalue weighted by Gasteiger charge is 2.23. The summed E-state index contributed by atoms with van der Waals surface area (Å²) >= 11 is 0. The van der Waals surface area contributed by atoms with E-state index in [-0.39, 0.29) is 0 Å². The molecule has 1 atom stereocenters. The average molecular weight is 192 g/mol. The van der Waals surface area contributed by atoms with Crippen molar-refractivity contribution in [1.82, 2.24) is 9.97 Å². The molecule has 76 valence electrons. The van der Waals surface area contributed by atoms with Gasteiger partial charge in [-0.05, 0) is 44.2 Å². The largest absolute Gasteiger partial charge is 0.368 e. The molecule has 1 aromatic rings. The molecule has 0 amide bonds. The molecule has 0 aliphatic heterocycles. The lowest BCUT2D eigenvalue weighted by molar-refractivity contribution is 0.544. The van der Waals surface area contributed by atoms with Crippen molar-refractivity contribution in [3.63, 3.8) is 0 Å². The lowest BCUT2D eigenvalue weighted by atomic mass is 9.85. The van der Waals surface area contributed by atoms with Crippen molar-refractivity contribution < 1.29 is 0 Å². The van der Waals surface area contributed by atoms with Crippen molar-refractivity contribution in [2.24, 2.45) is 5.73 Å². The Kier molecular flexibility index (Phi) is 2.37. The Balaban J connectivity index is 2.51. The lowest BCUT2D eigenvalue weighted by Gasteiger charge is -2.24. The second-order valence-corrected chi connectivity index (χ2v) is 3.85. The molecule has 0 saturated heterocycles. The van der Waals surface area contributed by atoms with Gasteiger partial charge in [0.25, 0.3) is 0 Å². The van der Waals surface area contributed by atoms with Gasteiger partial charge in [0.15, 0.2) is 0 Å². The molecular weight excluding hydrogens is 176 g/mol. The van der Waals surface area contributed by atoms with Crippen LogP contribution in [0.3, 0.4) is 0 Å². The fourth-order valence-electron chi connectivity index (χ4n) is 2.28. The van der Waals surface area contributed by atoms with E-state index in [0.717, 1.165) is 30.7 Å².